The Morgan fingerprint density at radius 3 is 2.14 bits per heavy atom. The fourth-order valence-corrected chi connectivity index (χ4v) is 0.985. The third-order valence-corrected chi connectivity index (χ3v) is 1.68. The molecule has 0 atom stereocenters. The van der Waals surface area contributed by atoms with Crippen LogP contribution >= 0.6 is 0 Å². The zero-order valence-electron chi connectivity index (χ0n) is 7.82. The first-order valence-corrected chi connectivity index (χ1v) is 4.22. The minimum atomic E-state index is -0.514. The molecule has 0 aliphatic rings. The number of rotatable bonds is 3. The fourth-order valence-electron chi connectivity index (χ4n) is 0.985. The molecule has 0 aromatic heterocycles. The first kappa shape index (κ1) is 10.2. The van der Waals surface area contributed by atoms with Gasteiger partial charge in [0.25, 0.3) is 0 Å². The average Bonchev–Trinajstić information content (AvgIpc) is 2.18. The highest BCUT2D eigenvalue weighted by molar-refractivity contribution is 5.95. The standard InChI is InChI=1S/C10H11NO3/c1-2-14-10(13)8-5-3-7(4-6-8)9(11)12/h3-6H,2H2,1H3,(H2,11,12). The van der Waals surface area contributed by atoms with Crippen LogP contribution in [0.3, 0.4) is 0 Å². The Morgan fingerprint density at radius 1 is 1.21 bits per heavy atom. The van der Waals surface area contributed by atoms with Crippen molar-refractivity contribution < 1.29 is 14.3 Å². The Morgan fingerprint density at radius 2 is 1.71 bits per heavy atom. The second-order valence-electron chi connectivity index (χ2n) is 2.66. The van der Waals surface area contributed by atoms with Crippen molar-refractivity contribution in [2.45, 2.75) is 6.92 Å². The molecular weight excluding hydrogens is 182 g/mol. The topological polar surface area (TPSA) is 69.4 Å². The van der Waals surface area contributed by atoms with Crippen molar-refractivity contribution in [2.24, 2.45) is 5.73 Å². The first-order chi connectivity index (χ1) is 6.65. The number of primary amides is 1. The summed E-state index contributed by atoms with van der Waals surface area (Å²) in [6, 6.07) is 6.01. The van der Waals surface area contributed by atoms with Crippen molar-refractivity contribution in [1.29, 1.82) is 0 Å². The van der Waals surface area contributed by atoms with Gasteiger partial charge in [-0.2, -0.15) is 0 Å². The molecule has 1 amide bonds. The van der Waals surface area contributed by atoms with Gasteiger partial charge in [-0.25, -0.2) is 4.79 Å². The van der Waals surface area contributed by atoms with Crippen LogP contribution in [0.5, 0.6) is 0 Å². The fraction of sp³-hybridized carbons (Fsp3) is 0.200. The Bertz CT molecular complexity index is 343. The highest BCUT2D eigenvalue weighted by Gasteiger charge is 2.06. The van der Waals surface area contributed by atoms with Gasteiger partial charge in [0, 0.05) is 5.56 Å². The summed E-state index contributed by atoms with van der Waals surface area (Å²) in [5.41, 5.74) is 5.83. The Kier molecular flexibility index (Phi) is 3.23. The largest absolute Gasteiger partial charge is 0.462 e. The number of carbonyl (C=O) groups is 2. The van der Waals surface area contributed by atoms with Crippen LogP contribution in [0.4, 0.5) is 0 Å². The molecule has 0 spiro atoms. The highest BCUT2D eigenvalue weighted by atomic mass is 16.5. The van der Waals surface area contributed by atoms with Crippen LogP contribution in [0.1, 0.15) is 27.6 Å². The van der Waals surface area contributed by atoms with Gasteiger partial charge in [0.2, 0.25) is 5.91 Å². The predicted molar refractivity (Wildman–Crippen MR) is 50.9 cm³/mol. The molecule has 0 saturated carbocycles. The second kappa shape index (κ2) is 4.41. The zero-order valence-corrected chi connectivity index (χ0v) is 7.82. The van der Waals surface area contributed by atoms with Gasteiger partial charge in [-0.3, -0.25) is 4.79 Å². The number of hydrogen-bond acceptors (Lipinski definition) is 3. The smallest absolute Gasteiger partial charge is 0.338 e. The van der Waals surface area contributed by atoms with Crippen LogP contribution in [-0.4, -0.2) is 18.5 Å². The Hall–Kier alpha value is -1.84. The van der Waals surface area contributed by atoms with Gasteiger partial charge in [-0.15, -0.1) is 0 Å². The van der Waals surface area contributed by atoms with Gasteiger partial charge in [0.05, 0.1) is 12.2 Å². The molecule has 1 rings (SSSR count). The van der Waals surface area contributed by atoms with E-state index in [1.165, 1.54) is 24.3 Å². The molecule has 4 nitrogen and oxygen atoms in total. The van der Waals surface area contributed by atoms with E-state index < -0.39 is 11.9 Å². The summed E-state index contributed by atoms with van der Waals surface area (Å²) in [5, 5.41) is 0. The second-order valence-corrected chi connectivity index (χ2v) is 2.66. The molecule has 74 valence electrons. The van der Waals surface area contributed by atoms with Crippen LogP contribution in [0.2, 0.25) is 0 Å². The van der Waals surface area contributed by atoms with E-state index in [4.69, 9.17) is 10.5 Å². The van der Waals surface area contributed by atoms with Crippen molar-refractivity contribution in [1.82, 2.24) is 0 Å². The van der Waals surface area contributed by atoms with Gasteiger partial charge in [0.15, 0.2) is 0 Å². The quantitative estimate of drug-likeness (QED) is 0.727. The van der Waals surface area contributed by atoms with E-state index in [9.17, 15) is 9.59 Å². The van der Waals surface area contributed by atoms with E-state index in [-0.39, 0.29) is 0 Å². The minimum Gasteiger partial charge on any atom is -0.462 e. The number of carbonyl (C=O) groups excluding carboxylic acids is 2. The Labute approximate surface area is 81.7 Å². The van der Waals surface area contributed by atoms with Crippen molar-refractivity contribution in [3.05, 3.63) is 35.4 Å². The summed E-state index contributed by atoms with van der Waals surface area (Å²) in [4.78, 5) is 21.9. The van der Waals surface area contributed by atoms with Crippen molar-refractivity contribution in [3.63, 3.8) is 0 Å². The highest BCUT2D eigenvalue weighted by Crippen LogP contribution is 2.05. The molecule has 2 N–H and O–H groups in total. The third kappa shape index (κ3) is 2.32. The lowest BCUT2D eigenvalue weighted by atomic mass is 10.1. The van der Waals surface area contributed by atoms with Crippen molar-refractivity contribution in [3.8, 4) is 0 Å². The van der Waals surface area contributed by atoms with Crippen LogP contribution in [0.25, 0.3) is 0 Å². The maximum absolute atomic E-state index is 11.2. The summed E-state index contributed by atoms with van der Waals surface area (Å²) < 4.78 is 4.77. The number of nitrogens with two attached hydrogens (primary N) is 1. The molecule has 1 aromatic carbocycles. The van der Waals surface area contributed by atoms with Gasteiger partial charge in [-0.05, 0) is 31.2 Å². The molecule has 0 saturated heterocycles. The monoisotopic (exact) mass is 193 g/mol. The number of esters is 1. The number of amides is 1. The average molecular weight is 193 g/mol. The molecule has 1 aromatic rings. The van der Waals surface area contributed by atoms with E-state index in [1.54, 1.807) is 6.92 Å². The molecule has 4 heteroatoms. The lowest BCUT2D eigenvalue weighted by molar-refractivity contribution is 0.0526. The normalized spacial score (nSPS) is 9.50. The number of hydrogen-bond donors (Lipinski definition) is 1. The maximum atomic E-state index is 11.2. The van der Waals surface area contributed by atoms with E-state index in [0.29, 0.717) is 17.7 Å². The summed E-state index contributed by atoms with van der Waals surface area (Å²) in [5.74, 6) is -0.913. The summed E-state index contributed by atoms with van der Waals surface area (Å²) in [7, 11) is 0. The SMILES string of the molecule is CCOC(=O)c1ccc(C(N)=O)cc1. The third-order valence-electron chi connectivity index (χ3n) is 1.68. The van der Waals surface area contributed by atoms with Gasteiger partial charge >= 0.3 is 5.97 Å². The lowest BCUT2D eigenvalue weighted by Gasteiger charge is -2.01. The van der Waals surface area contributed by atoms with Gasteiger partial charge < -0.3 is 10.5 Å². The van der Waals surface area contributed by atoms with Crippen LogP contribution < -0.4 is 5.73 Å². The van der Waals surface area contributed by atoms with E-state index in [2.05, 4.69) is 0 Å². The maximum Gasteiger partial charge on any atom is 0.338 e. The number of benzene rings is 1. The summed E-state index contributed by atoms with van der Waals surface area (Å²) in [6.07, 6.45) is 0. The molecule has 0 fully saturated rings. The van der Waals surface area contributed by atoms with Crippen LogP contribution in [0.15, 0.2) is 24.3 Å². The summed E-state index contributed by atoms with van der Waals surface area (Å²) in [6.45, 7) is 2.06. The van der Waals surface area contributed by atoms with Crippen LogP contribution in [-0.2, 0) is 4.74 Å². The molecule has 0 unspecified atom stereocenters. The van der Waals surface area contributed by atoms with Crippen molar-refractivity contribution in [2.75, 3.05) is 6.61 Å². The lowest BCUT2D eigenvalue weighted by Crippen LogP contribution is -2.11. The number of ether oxygens (including phenoxy) is 1. The molecule has 14 heavy (non-hydrogen) atoms. The van der Waals surface area contributed by atoms with E-state index in [1.807, 2.05) is 0 Å². The molecule has 0 aliphatic carbocycles. The Balaban J connectivity index is 2.83. The van der Waals surface area contributed by atoms with E-state index >= 15 is 0 Å². The van der Waals surface area contributed by atoms with Gasteiger partial charge in [0.1, 0.15) is 0 Å². The molecule has 0 bridgehead atoms. The zero-order chi connectivity index (χ0) is 10.6. The van der Waals surface area contributed by atoms with E-state index in [0.717, 1.165) is 0 Å². The predicted octanol–water partition coefficient (Wildman–Crippen LogP) is 0.962. The molecular formula is C10H11NO3. The minimum absolute atomic E-state index is 0.330. The molecule has 0 heterocycles. The van der Waals surface area contributed by atoms with Gasteiger partial charge in [-0.1, -0.05) is 0 Å². The van der Waals surface area contributed by atoms with Crippen molar-refractivity contribution >= 4 is 11.9 Å². The molecule has 0 aliphatic heterocycles. The molecule has 0 radical (unpaired) electrons. The summed E-state index contributed by atoms with van der Waals surface area (Å²) >= 11 is 0. The first-order valence-electron chi connectivity index (χ1n) is 4.22. The van der Waals surface area contributed by atoms with Crippen LogP contribution in [0, 0.1) is 0 Å².